The molecule has 0 spiro atoms. The van der Waals surface area contributed by atoms with E-state index in [-0.39, 0.29) is 29.6 Å². The third kappa shape index (κ3) is 5.58. The summed E-state index contributed by atoms with van der Waals surface area (Å²) in [5.74, 6) is -1.37. The third-order valence-corrected chi connectivity index (χ3v) is 1.52. The molecule has 0 aromatic carbocycles. The first-order chi connectivity index (χ1) is 5.60. The van der Waals surface area contributed by atoms with Gasteiger partial charge in [0.2, 0.25) is 0 Å². The van der Waals surface area contributed by atoms with E-state index in [2.05, 4.69) is 5.32 Å². The monoisotopic (exact) mass is 201 g/mol. The zero-order valence-electron chi connectivity index (χ0n) is 7.49. The molecular weight excluding hydrogens is 189 g/mol. The third-order valence-electron chi connectivity index (χ3n) is 1.52. The minimum Gasteiger partial charge on any atom is -0.549 e. The molecule has 0 atom stereocenters. The minimum atomic E-state index is -1.37. The Bertz CT molecular complexity index is 142. The molecule has 0 amide bonds. The topological polar surface area (TPSA) is 113 Å². The van der Waals surface area contributed by atoms with Gasteiger partial charge in [-0.3, -0.25) is 0 Å². The van der Waals surface area contributed by atoms with Gasteiger partial charge in [-0.2, -0.15) is 0 Å². The predicted molar refractivity (Wildman–Crippen MR) is 37.0 cm³/mol. The Hall–Kier alpha value is 0.310. The number of hydrogen-bond donors (Lipinski definition) is 4. The van der Waals surface area contributed by atoms with Crippen LogP contribution in [-0.2, 0) is 4.79 Å². The zero-order chi connectivity index (χ0) is 9.61. The number of aliphatic carboxylic acids is 1. The number of hydrogen-bond acceptors (Lipinski definition) is 6. The quantitative estimate of drug-likeness (QED) is 0.318. The van der Waals surface area contributed by atoms with E-state index in [4.69, 9.17) is 15.3 Å². The summed E-state index contributed by atoms with van der Waals surface area (Å²) in [6.45, 7) is -2.17. The molecule has 0 bridgehead atoms. The van der Waals surface area contributed by atoms with Gasteiger partial charge in [-0.25, -0.2) is 0 Å². The predicted octanol–water partition coefficient (Wildman–Crippen LogP) is -6.95. The van der Waals surface area contributed by atoms with Crippen LogP contribution in [0.2, 0.25) is 0 Å². The average molecular weight is 201 g/mol. The van der Waals surface area contributed by atoms with Gasteiger partial charge in [0.1, 0.15) is 0 Å². The maximum atomic E-state index is 9.98. The zero-order valence-corrected chi connectivity index (χ0v) is 9.49. The number of rotatable bonds is 6. The fraction of sp³-hybridized carbons (Fsp3) is 0.833. The average Bonchev–Trinajstić information content (AvgIpc) is 2.08. The Kier molecular flexibility index (Phi) is 9.33. The van der Waals surface area contributed by atoms with Crippen molar-refractivity contribution in [1.82, 2.24) is 5.32 Å². The molecule has 6 nitrogen and oxygen atoms in total. The standard InChI is InChI=1S/C6H13NO5.Na/c8-2-6(3-9,4-10)7-1-5(11)12;/h7-10H,1-4H2,(H,11,12);/q;+1/p-1. The summed E-state index contributed by atoms with van der Waals surface area (Å²) in [5.41, 5.74) is -1.35. The van der Waals surface area contributed by atoms with Gasteiger partial charge in [0.15, 0.2) is 0 Å². The first kappa shape index (κ1) is 15.8. The van der Waals surface area contributed by atoms with Gasteiger partial charge in [0.25, 0.3) is 0 Å². The maximum absolute atomic E-state index is 9.98. The maximum Gasteiger partial charge on any atom is 1.00 e. The molecule has 0 heterocycles. The van der Waals surface area contributed by atoms with E-state index in [9.17, 15) is 9.90 Å². The Morgan fingerprint density at radius 3 is 1.85 bits per heavy atom. The first-order valence-corrected chi connectivity index (χ1v) is 3.37. The summed E-state index contributed by atoms with van der Waals surface area (Å²) in [7, 11) is 0. The van der Waals surface area contributed by atoms with Crippen LogP contribution in [-0.4, -0.2) is 53.2 Å². The molecule has 13 heavy (non-hydrogen) atoms. The molecule has 0 aromatic heterocycles. The van der Waals surface area contributed by atoms with E-state index < -0.39 is 37.9 Å². The Morgan fingerprint density at radius 1 is 1.23 bits per heavy atom. The van der Waals surface area contributed by atoms with Crippen molar-refractivity contribution in [1.29, 1.82) is 0 Å². The molecule has 0 aliphatic carbocycles. The number of aliphatic hydroxyl groups excluding tert-OH is 3. The smallest absolute Gasteiger partial charge is 0.549 e. The van der Waals surface area contributed by atoms with Gasteiger partial charge in [0, 0.05) is 6.54 Å². The number of carboxylic acids is 1. The van der Waals surface area contributed by atoms with Crippen LogP contribution in [0.15, 0.2) is 0 Å². The van der Waals surface area contributed by atoms with E-state index in [0.717, 1.165) is 0 Å². The number of carbonyl (C=O) groups is 1. The van der Waals surface area contributed by atoms with Crippen molar-refractivity contribution in [2.75, 3.05) is 26.4 Å². The van der Waals surface area contributed by atoms with Crippen molar-refractivity contribution in [3.05, 3.63) is 0 Å². The SMILES string of the molecule is O=C([O-])CNC(CO)(CO)CO.[Na+]. The summed E-state index contributed by atoms with van der Waals surface area (Å²) in [6, 6.07) is 0. The Balaban J connectivity index is 0. The number of carboxylic acid groups (broad SMARTS) is 1. The summed E-state index contributed by atoms with van der Waals surface area (Å²) in [5, 5.41) is 38.3. The van der Waals surface area contributed by atoms with Crippen LogP contribution in [0.5, 0.6) is 0 Å². The second-order valence-corrected chi connectivity index (χ2v) is 2.48. The van der Waals surface area contributed by atoms with E-state index in [1.165, 1.54) is 0 Å². The molecule has 0 rings (SSSR count). The van der Waals surface area contributed by atoms with Crippen molar-refractivity contribution in [2.45, 2.75) is 5.54 Å². The van der Waals surface area contributed by atoms with Crippen molar-refractivity contribution < 1.29 is 54.8 Å². The normalized spacial score (nSPS) is 10.7. The second kappa shape index (κ2) is 7.69. The Morgan fingerprint density at radius 2 is 1.62 bits per heavy atom. The van der Waals surface area contributed by atoms with E-state index >= 15 is 0 Å². The molecule has 4 N–H and O–H groups in total. The molecule has 0 unspecified atom stereocenters. The summed E-state index contributed by atoms with van der Waals surface area (Å²) < 4.78 is 0. The Labute approximate surface area is 97.9 Å². The molecule has 0 saturated carbocycles. The molecule has 72 valence electrons. The van der Waals surface area contributed by atoms with Gasteiger partial charge in [0.05, 0.1) is 31.3 Å². The molecule has 0 aromatic rings. The van der Waals surface area contributed by atoms with Crippen molar-refractivity contribution in [3.63, 3.8) is 0 Å². The number of aliphatic hydroxyl groups is 3. The van der Waals surface area contributed by atoms with Crippen molar-refractivity contribution in [2.24, 2.45) is 0 Å². The molecule has 0 radical (unpaired) electrons. The molecule has 0 aliphatic rings. The summed E-state index contributed by atoms with van der Waals surface area (Å²) in [6.07, 6.45) is 0. The van der Waals surface area contributed by atoms with Crippen LogP contribution >= 0.6 is 0 Å². The molecule has 0 aliphatic heterocycles. The number of carbonyl (C=O) groups excluding carboxylic acids is 1. The van der Waals surface area contributed by atoms with Crippen LogP contribution in [0.25, 0.3) is 0 Å². The van der Waals surface area contributed by atoms with E-state index in [1.807, 2.05) is 0 Å². The second-order valence-electron chi connectivity index (χ2n) is 2.48. The van der Waals surface area contributed by atoms with Crippen LogP contribution in [0, 0.1) is 0 Å². The molecule has 0 fully saturated rings. The fourth-order valence-electron chi connectivity index (χ4n) is 0.577. The summed E-state index contributed by atoms with van der Waals surface area (Å²) >= 11 is 0. The molecule has 7 heteroatoms. The van der Waals surface area contributed by atoms with E-state index in [1.54, 1.807) is 0 Å². The fourth-order valence-corrected chi connectivity index (χ4v) is 0.577. The molecule has 0 saturated heterocycles. The van der Waals surface area contributed by atoms with E-state index in [0.29, 0.717) is 0 Å². The first-order valence-electron chi connectivity index (χ1n) is 3.37. The van der Waals surface area contributed by atoms with Gasteiger partial charge >= 0.3 is 29.6 Å². The summed E-state index contributed by atoms with van der Waals surface area (Å²) in [4.78, 5) is 9.98. The van der Waals surface area contributed by atoms with Gasteiger partial charge in [-0.05, 0) is 0 Å². The van der Waals surface area contributed by atoms with Crippen LogP contribution in [0.1, 0.15) is 0 Å². The van der Waals surface area contributed by atoms with Crippen molar-refractivity contribution >= 4 is 5.97 Å². The van der Waals surface area contributed by atoms with Crippen LogP contribution < -0.4 is 40.0 Å². The van der Waals surface area contributed by atoms with Gasteiger partial charge < -0.3 is 30.5 Å². The molecular formula is C6H12NNaO5. The minimum absolute atomic E-state index is 0. The number of nitrogens with one attached hydrogen (secondary N) is 1. The van der Waals surface area contributed by atoms with Gasteiger partial charge in [-0.1, -0.05) is 0 Å². The van der Waals surface area contributed by atoms with Crippen LogP contribution in [0.3, 0.4) is 0 Å². The van der Waals surface area contributed by atoms with Gasteiger partial charge in [-0.15, -0.1) is 0 Å². The van der Waals surface area contributed by atoms with Crippen molar-refractivity contribution in [3.8, 4) is 0 Å². The largest absolute Gasteiger partial charge is 1.00 e. The van der Waals surface area contributed by atoms with Crippen LogP contribution in [0.4, 0.5) is 0 Å².